The van der Waals surface area contributed by atoms with Crippen LogP contribution in [0.2, 0.25) is 0 Å². The van der Waals surface area contributed by atoms with Gasteiger partial charge in [-0.25, -0.2) is 4.98 Å². The number of hydrogen-bond donors (Lipinski definition) is 0. The van der Waals surface area contributed by atoms with Gasteiger partial charge in [-0.05, 0) is 31.0 Å². The van der Waals surface area contributed by atoms with E-state index in [1.807, 2.05) is 12.3 Å². The molecule has 4 rings (SSSR count). The summed E-state index contributed by atoms with van der Waals surface area (Å²) in [5, 5.41) is 0. The Bertz CT molecular complexity index is 631. The molecule has 23 heavy (non-hydrogen) atoms. The van der Waals surface area contributed by atoms with Gasteiger partial charge in [0.1, 0.15) is 5.82 Å². The topological polar surface area (TPSA) is 35.5 Å². The van der Waals surface area contributed by atoms with E-state index in [9.17, 15) is 0 Å². The fourth-order valence-electron chi connectivity index (χ4n) is 3.42. The third kappa shape index (κ3) is 3.09. The normalized spacial score (nSPS) is 18.5. The Morgan fingerprint density at radius 3 is 2.13 bits per heavy atom. The molecule has 0 atom stereocenters. The predicted octanol–water partition coefficient (Wildman–Crippen LogP) is 2.40. The lowest BCUT2D eigenvalue weighted by Gasteiger charge is -2.36. The number of piperazine rings is 1. The minimum Gasteiger partial charge on any atom is -0.368 e. The van der Waals surface area contributed by atoms with Crippen LogP contribution in [0.15, 0.2) is 42.6 Å². The maximum atomic E-state index is 4.80. The number of rotatable bonds is 3. The Morgan fingerprint density at radius 2 is 1.39 bits per heavy atom. The number of hydrogen-bond acceptors (Lipinski definition) is 5. The van der Waals surface area contributed by atoms with E-state index >= 15 is 0 Å². The average molecular weight is 309 g/mol. The molecule has 3 heterocycles. The van der Waals surface area contributed by atoms with Gasteiger partial charge in [-0.3, -0.25) is 0 Å². The quantitative estimate of drug-likeness (QED) is 0.870. The third-order valence-electron chi connectivity index (χ3n) is 4.74. The van der Waals surface area contributed by atoms with E-state index in [2.05, 4.69) is 50.0 Å². The molecule has 2 aliphatic rings. The lowest BCUT2D eigenvalue weighted by atomic mass is 10.2. The first-order valence-corrected chi connectivity index (χ1v) is 8.53. The smallest absolute Gasteiger partial charge is 0.227 e. The van der Waals surface area contributed by atoms with E-state index < -0.39 is 0 Å². The fourth-order valence-corrected chi connectivity index (χ4v) is 3.42. The summed E-state index contributed by atoms with van der Waals surface area (Å²) >= 11 is 0. The first-order chi connectivity index (χ1) is 11.4. The lowest BCUT2D eigenvalue weighted by Crippen LogP contribution is -2.47. The molecule has 2 aliphatic heterocycles. The minimum absolute atomic E-state index is 0.877. The van der Waals surface area contributed by atoms with E-state index in [0.717, 1.165) is 51.0 Å². The summed E-state index contributed by atoms with van der Waals surface area (Å²) in [7, 11) is 0. The van der Waals surface area contributed by atoms with E-state index in [4.69, 9.17) is 4.98 Å². The number of benzene rings is 1. The van der Waals surface area contributed by atoms with Gasteiger partial charge in [0.05, 0.1) is 0 Å². The van der Waals surface area contributed by atoms with Crippen molar-refractivity contribution in [3.05, 3.63) is 42.6 Å². The van der Waals surface area contributed by atoms with Crippen LogP contribution in [0.5, 0.6) is 0 Å². The van der Waals surface area contributed by atoms with E-state index in [1.54, 1.807) is 0 Å². The number of anilines is 3. The molecule has 1 aromatic heterocycles. The summed E-state index contributed by atoms with van der Waals surface area (Å²) in [5.74, 6) is 1.96. The molecule has 5 nitrogen and oxygen atoms in total. The van der Waals surface area contributed by atoms with E-state index in [1.165, 1.54) is 18.5 Å². The van der Waals surface area contributed by atoms with E-state index in [0.29, 0.717) is 0 Å². The lowest BCUT2D eigenvalue weighted by molar-refractivity contribution is 0.639. The van der Waals surface area contributed by atoms with Crippen molar-refractivity contribution >= 4 is 17.5 Å². The maximum absolute atomic E-state index is 4.80. The zero-order valence-electron chi connectivity index (χ0n) is 13.4. The highest BCUT2D eigenvalue weighted by atomic mass is 15.3. The van der Waals surface area contributed by atoms with Crippen molar-refractivity contribution in [3.63, 3.8) is 0 Å². The average Bonchev–Trinajstić information content (AvgIpc) is 3.18. The number of aromatic nitrogens is 2. The SMILES string of the molecule is c1ccc(N2CCN(c3nccc(N4CCCC4)n3)CC2)cc1. The molecule has 0 bridgehead atoms. The van der Waals surface area contributed by atoms with Crippen LogP contribution in [0.3, 0.4) is 0 Å². The van der Waals surface area contributed by atoms with Gasteiger partial charge < -0.3 is 14.7 Å². The molecule has 2 saturated heterocycles. The van der Waals surface area contributed by atoms with Gasteiger partial charge in [-0.1, -0.05) is 18.2 Å². The van der Waals surface area contributed by atoms with Crippen molar-refractivity contribution in [2.45, 2.75) is 12.8 Å². The Balaban J connectivity index is 1.43. The van der Waals surface area contributed by atoms with E-state index in [-0.39, 0.29) is 0 Å². The highest BCUT2D eigenvalue weighted by Crippen LogP contribution is 2.21. The predicted molar refractivity (Wildman–Crippen MR) is 94.3 cm³/mol. The van der Waals surface area contributed by atoms with Crippen LogP contribution in [0, 0.1) is 0 Å². The largest absolute Gasteiger partial charge is 0.368 e. The van der Waals surface area contributed by atoms with Crippen molar-refractivity contribution in [1.82, 2.24) is 9.97 Å². The monoisotopic (exact) mass is 309 g/mol. The Morgan fingerprint density at radius 1 is 0.696 bits per heavy atom. The zero-order chi connectivity index (χ0) is 15.5. The second-order valence-electron chi connectivity index (χ2n) is 6.22. The van der Waals surface area contributed by atoms with Crippen LogP contribution in [0.1, 0.15) is 12.8 Å². The van der Waals surface area contributed by atoms with Crippen LogP contribution in [0.25, 0.3) is 0 Å². The molecule has 0 saturated carbocycles. The van der Waals surface area contributed by atoms with Crippen molar-refractivity contribution in [1.29, 1.82) is 0 Å². The molecule has 0 N–H and O–H groups in total. The number of para-hydroxylation sites is 1. The summed E-state index contributed by atoms with van der Waals surface area (Å²) < 4.78 is 0. The Kier molecular flexibility index (Phi) is 4.01. The molecule has 2 aromatic rings. The molecule has 0 amide bonds. The summed E-state index contributed by atoms with van der Waals surface area (Å²) in [6, 6.07) is 12.7. The maximum Gasteiger partial charge on any atom is 0.227 e. The van der Waals surface area contributed by atoms with Crippen molar-refractivity contribution in [3.8, 4) is 0 Å². The minimum atomic E-state index is 0.877. The first-order valence-electron chi connectivity index (χ1n) is 8.53. The van der Waals surface area contributed by atoms with Crippen LogP contribution in [-0.4, -0.2) is 49.2 Å². The van der Waals surface area contributed by atoms with Crippen molar-refractivity contribution < 1.29 is 0 Å². The molecule has 5 heteroatoms. The van der Waals surface area contributed by atoms with Crippen LogP contribution in [-0.2, 0) is 0 Å². The molecule has 1 aromatic carbocycles. The van der Waals surface area contributed by atoms with Gasteiger partial charge in [0.15, 0.2) is 0 Å². The molecule has 2 fully saturated rings. The summed E-state index contributed by atoms with van der Waals surface area (Å²) in [6.45, 7) is 6.22. The highest BCUT2D eigenvalue weighted by molar-refractivity contribution is 5.49. The van der Waals surface area contributed by atoms with Gasteiger partial charge in [0.2, 0.25) is 5.95 Å². The van der Waals surface area contributed by atoms with Gasteiger partial charge >= 0.3 is 0 Å². The van der Waals surface area contributed by atoms with Gasteiger partial charge in [-0.2, -0.15) is 4.98 Å². The van der Waals surface area contributed by atoms with Crippen LogP contribution in [0.4, 0.5) is 17.5 Å². The summed E-state index contributed by atoms with van der Waals surface area (Å²) in [4.78, 5) is 16.4. The molecular formula is C18H23N5. The molecular weight excluding hydrogens is 286 g/mol. The van der Waals surface area contributed by atoms with Crippen LogP contribution >= 0.6 is 0 Å². The summed E-state index contributed by atoms with van der Waals surface area (Å²) in [5.41, 5.74) is 1.30. The fraction of sp³-hybridized carbons (Fsp3) is 0.444. The molecule has 0 unspecified atom stereocenters. The Labute approximate surface area is 137 Å². The van der Waals surface area contributed by atoms with Gasteiger partial charge in [-0.15, -0.1) is 0 Å². The molecule has 0 radical (unpaired) electrons. The molecule has 0 aliphatic carbocycles. The zero-order valence-corrected chi connectivity index (χ0v) is 13.4. The molecule has 120 valence electrons. The van der Waals surface area contributed by atoms with Gasteiger partial charge in [0.25, 0.3) is 0 Å². The Hall–Kier alpha value is -2.30. The van der Waals surface area contributed by atoms with Crippen LogP contribution < -0.4 is 14.7 Å². The standard InChI is InChI=1S/C18H23N5/c1-2-6-16(7-3-1)21-12-14-23(15-13-21)18-19-9-8-17(20-18)22-10-4-5-11-22/h1-3,6-9H,4-5,10-15H2. The number of nitrogens with zero attached hydrogens (tertiary/aromatic N) is 5. The second kappa shape index (κ2) is 6.44. The second-order valence-corrected chi connectivity index (χ2v) is 6.22. The molecule has 0 spiro atoms. The summed E-state index contributed by atoms with van der Waals surface area (Å²) in [6.07, 6.45) is 4.45. The highest BCUT2D eigenvalue weighted by Gasteiger charge is 2.20. The van der Waals surface area contributed by atoms with Gasteiger partial charge in [0, 0.05) is 51.2 Å². The first kappa shape index (κ1) is 14.3. The third-order valence-corrected chi connectivity index (χ3v) is 4.74. The van der Waals surface area contributed by atoms with Crippen molar-refractivity contribution in [2.24, 2.45) is 0 Å². The van der Waals surface area contributed by atoms with Crippen molar-refractivity contribution in [2.75, 3.05) is 54.0 Å².